The maximum absolute atomic E-state index is 3.35. The molecule has 0 saturated heterocycles. The number of hydrogen-bond donors (Lipinski definition) is 0. The first-order valence-electron chi connectivity index (χ1n) is 9.64. The van der Waals surface area contributed by atoms with E-state index in [2.05, 4.69) is 99.8 Å². The van der Waals surface area contributed by atoms with E-state index < -0.39 is 0 Å². The van der Waals surface area contributed by atoms with Crippen molar-refractivity contribution in [1.29, 1.82) is 0 Å². The average molecular weight is 618 g/mol. The second kappa shape index (κ2) is 15.8. The molecule has 0 fully saturated rings. The molecule has 156 valence electrons. The molecule has 0 radical (unpaired) electrons. The van der Waals surface area contributed by atoms with Crippen LogP contribution in [0.15, 0.2) is 84.0 Å². The predicted molar refractivity (Wildman–Crippen MR) is 120 cm³/mol. The van der Waals surface area contributed by atoms with Gasteiger partial charge in [0.05, 0.1) is 0 Å². The summed E-state index contributed by atoms with van der Waals surface area (Å²) in [5.41, 5.74) is 8.09. The first-order valence-corrected chi connectivity index (χ1v) is 17.5. The zero-order chi connectivity index (χ0) is 20.4. The van der Waals surface area contributed by atoms with E-state index in [4.69, 9.17) is 0 Å². The van der Waals surface area contributed by atoms with Crippen molar-refractivity contribution in [3.05, 3.63) is 107 Å². The number of allylic oxidation sites excluding steroid dienone is 8. The minimum atomic E-state index is 0. The van der Waals surface area contributed by atoms with Crippen LogP contribution in [0.2, 0.25) is 13.1 Å². The van der Waals surface area contributed by atoms with Crippen LogP contribution in [0.5, 0.6) is 0 Å². The predicted octanol–water partition coefficient (Wildman–Crippen LogP) is 1.24. The molecule has 0 bridgehead atoms. The maximum atomic E-state index is 3.35. The van der Waals surface area contributed by atoms with Crippen molar-refractivity contribution in [2.24, 2.45) is 0 Å². The number of halogens is 2. The Labute approximate surface area is 210 Å². The second-order valence-corrected chi connectivity index (χ2v) is 20.0. The molecule has 4 rings (SSSR count). The Kier molecular flexibility index (Phi) is 15.3. The van der Waals surface area contributed by atoms with Crippen LogP contribution in [0.3, 0.4) is 0 Å². The van der Waals surface area contributed by atoms with Gasteiger partial charge in [-0.15, -0.1) is 46.5 Å². The van der Waals surface area contributed by atoms with Gasteiger partial charge in [0.25, 0.3) is 0 Å². The Balaban J connectivity index is 0.000000452. The SMILES string of the molecule is CC1=CC(c2ccccc2)=[C-]C1.CC1=CC(c2ccccc2)=[C-]C1.C[Si](C)=[Hf+2].[Cl-].[Cl-]. The van der Waals surface area contributed by atoms with E-state index in [0.717, 1.165) is 12.8 Å². The molecule has 2 aliphatic carbocycles. The van der Waals surface area contributed by atoms with Crippen LogP contribution in [-0.2, 0) is 23.0 Å². The summed E-state index contributed by atoms with van der Waals surface area (Å²) in [6.07, 6.45) is 13.1. The van der Waals surface area contributed by atoms with E-state index in [9.17, 15) is 0 Å². The Morgan fingerprint density at radius 1 is 0.667 bits per heavy atom. The molecule has 2 aliphatic rings. The fourth-order valence-corrected chi connectivity index (χ4v) is 2.77. The minimum Gasteiger partial charge on any atom is -1.00 e. The summed E-state index contributed by atoms with van der Waals surface area (Å²) in [5.74, 6) is 0. The van der Waals surface area contributed by atoms with Crippen LogP contribution in [-0.4, -0.2) is 5.49 Å². The minimum absolute atomic E-state index is 0. The molecule has 0 aromatic heterocycles. The monoisotopic (exact) mass is 618 g/mol. The van der Waals surface area contributed by atoms with Gasteiger partial charge in [0.1, 0.15) is 0 Å². The summed E-state index contributed by atoms with van der Waals surface area (Å²) in [4.78, 5) is 0. The van der Waals surface area contributed by atoms with Gasteiger partial charge in [-0.3, -0.25) is 0 Å². The van der Waals surface area contributed by atoms with E-state index in [0.29, 0.717) is 0 Å². The first kappa shape index (κ1) is 29.1. The Bertz CT molecular complexity index is 835. The van der Waals surface area contributed by atoms with Gasteiger partial charge in [-0.05, 0) is 0 Å². The molecule has 0 unspecified atom stereocenters. The molecule has 2 aromatic rings. The van der Waals surface area contributed by atoms with E-state index in [1.807, 2.05) is 12.1 Å². The molecule has 0 aliphatic heterocycles. The van der Waals surface area contributed by atoms with Crippen molar-refractivity contribution in [3.63, 3.8) is 0 Å². The van der Waals surface area contributed by atoms with Crippen LogP contribution in [0.1, 0.15) is 37.8 Å². The maximum Gasteiger partial charge on any atom is -1.00 e. The summed E-state index contributed by atoms with van der Waals surface area (Å²) < 4.78 is 0. The summed E-state index contributed by atoms with van der Waals surface area (Å²) in [5, 5.41) is 0. The standard InChI is InChI=1S/2C12H11.C2H6Si.2ClH.Hf/c2*1-10-7-8-12(9-10)11-5-3-2-4-6-11;1-3-2;;;/h2*2-6,9H,7H2,1H3;1-2H3;2*1H;/q2*-1;;;;+2/p-2. The summed E-state index contributed by atoms with van der Waals surface area (Å²) in [6, 6.07) is 20.8. The van der Waals surface area contributed by atoms with Gasteiger partial charge in [0, 0.05) is 0 Å². The Morgan fingerprint density at radius 3 is 1.20 bits per heavy atom. The first-order chi connectivity index (χ1) is 13.5. The van der Waals surface area contributed by atoms with Gasteiger partial charge in [-0.2, -0.15) is 35.5 Å². The third-order valence-corrected chi connectivity index (χ3v) is 4.07. The van der Waals surface area contributed by atoms with Gasteiger partial charge in [-0.25, -0.2) is 0 Å². The topological polar surface area (TPSA) is 0 Å². The van der Waals surface area contributed by atoms with Crippen LogP contribution in [0.25, 0.3) is 11.1 Å². The fraction of sp³-hybridized carbons (Fsp3) is 0.231. The normalized spacial score (nSPS) is 13.5. The molecule has 0 heterocycles. The van der Waals surface area contributed by atoms with Gasteiger partial charge < -0.3 is 24.8 Å². The summed E-state index contributed by atoms with van der Waals surface area (Å²) >= 11 is 1.45. The van der Waals surface area contributed by atoms with E-state index >= 15 is 0 Å². The zero-order valence-corrected chi connectivity index (χ0v) is 24.2. The van der Waals surface area contributed by atoms with Crippen molar-refractivity contribution in [1.82, 2.24) is 0 Å². The average Bonchev–Trinajstić information content (AvgIpc) is 3.32. The molecule has 30 heavy (non-hydrogen) atoms. The molecule has 0 atom stereocenters. The van der Waals surface area contributed by atoms with Crippen molar-refractivity contribution >= 4 is 16.6 Å². The van der Waals surface area contributed by atoms with Crippen LogP contribution >= 0.6 is 0 Å². The second-order valence-electron chi connectivity index (χ2n) is 7.25. The molecule has 0 nitrogen and oxygen atoms in total. The van der Waals surface area contributed by atoms with E-state index in [1.165, 1.54) is 56.4 Å². The number of benzene rings is 2. The zero-order valence-electron chi connectivity index (χ0n) is 18.1. The van der Waals surface area contributed by atoms with Crippen molar-refractivity contribution in [3.8, 4) is 0 Å². The quantitative estimate of drug-likeness (QED) is 0.352. The number of hydrogen-bond acceptors (Lipinski definition) is 0. The van der Waals surface area contributed by atoms with Crippen LogP contribution in [0, 0.1) is 12.2 Å². The fourth-order valence-electron chi connectivity index (χ4n) is 2.77. The smallest absolute Gasteiger partial charge is 1.00 e. The van der Waals surface area contributed by atoms with Crippen molar-refractivity contribution < 1.29 is 47.8 Å². The third-order valence-electron chi connectivity index (χ3n) is 4.07. The van der Waals surface area contributed by atoms with Gasteiger partial charge in [-0.1, -0.05) is 63.1 Å². The van der Waals surface area contributed by atoms with Crippen LogP contribution in [0.4, 0.5) is 0 Å². The molecular formula is C26H28Cl2HfSi-2. The largest absolute Gasteiger partial charge is 1.00 e. The molecule has 2 aromatic carbocycles. The van der Waals surface area contributed by atoms with E-state index in [1.54, 1.807) is 0 Å². The number of rotatable bonds is 2. The van der Waals surface area contributed by atoms with Crippen molar-refractivity contribution in [2.75, 3.05) is 0 Å². The molecular weight excluding hydrogens is 590 g/mol. The van der Waals surface area contributed by atoms with Gasteiger partial charge >= 0.3 is 41.6 Å². The van der Waals surface area contributed by atoms with Gasteiger partial charge in [0.15, 0.2) is 0 Å². The Morgan fingerprint density at radius 2 is 0.967 bits per heavy atom. The molecule has 4 heteroatoms. The van der Waals surface area contributed by atoms with Crippen LogP contribution < -0.4 is 24.8 Å². The van der Waals surface area contributed by atoms with E-state index in [-0.39, 0.29) is 30.3 Å². The molecule has 0 saturated carbocycles. The third kappa shape index (κ3) is 10.9. The van der Waals surface area contributed by atoms with Crippen molar-refractivity contribution in [2.45, 2.75) is 39.8 Å². The molecule has 0 spiro atoms. The summed E-state index contributed by atoms with van der Waals surface area (Å²) in [7, 11) is 0. The van der Waals surface area contributed by atoms with Gasteiger partial charge in [0.2, 0.25) is 0 Å². The molecule has 0 amide bonds. The summed E-state index contributed by atoms with van der Waals surface area (Å²) in [6.45, 7) is 8.94. The Hall–Kier alpha value is -0.933. The molecule has 0 N–H and O–H groups in total.